The van der Waals surface area contributed by atoms with E-state index in [1.54, 1.807) is 0 Å². The Morgan fingerprint density at radius 2 is 0.735 bits per heavy atom. The highest BCUT2D eigenvalue weighted by Gasteiger charge is 2.29. The van der Waals surface area contributed by atoms with Crippen molar-refractivity contribution < 1.29 is 57.3 Å². The molecule has 0 aliphatic rings. The van der Waals surface area contributed by atoms with Crippen molar-refractivity contribution in [3.8, 4) is 23.0 Å². The minimum absolute atomic E-state index is 0.0110. The first kappa shape index (κ1) is 66.5. The van der Waals surface area contributed by atoms with Crippen molar-refractivity contribution in [2.24, 2.45) is 34.4 Å². The maximum atomic E-state index is 14.3. The molecule has 4 rings (SSSR count). The van der Waals surface area contributed by atoms with Gasteiger partial charge in [0.2, 0.25) is 23.6 Å². The van der Waals surface area contributed by atoms with Gasteiger partial charge in [-0.05, 0) is 157 Å². The number of carbonyl (C=O) groups is 8. The molecule has 0 aliphatic heterocycles. The Labute approximate surface area is 481 Å². The fourth-order valence-electron chi connectivity index (χ4n) is 8.46. The van der Waals surface area contributed by atoms with Gasteiger partial charge in [-0.1, -0.05) is 6.42 Å². The quantitative estimate of drug-likeness (QED) is 0.0178. The number of ether oxygens (including phenoxy) is 4. The van der Waals surface area contributed by atoms with Gasteiger partial charge < -0.3 is 95.9 Å². The lowest BCUT2D eigenvalue weighted by Crippen LogP contribution is -2.45. The van der Waals surface area contributed by atoms with Gasteiger partial charge in [0.25, 0.3) is 23.6 Å². The van der Waals surface area contributed by atoms with Gasteiger partial charge in [-0.3, -0.25) is 43.8 Å². The topological polar surface area (TPSA) is 450 Å². The number of methoxy groups -OCH3 is 4. The highest BCUT2D eigenvalue weighted by atomic mass is 16.5. The SMILES string of the molecule is COc1ccc(NC(=O)C(CCCCN)NC(=O)c2cc(NC(=O)[C@H](CCCCN)NC(=O)c3cc(NC(=O)C(CCCNC(=N)N)NC(=O)c4cc(NC(=O)[C@@H](N)CCCCN)ccc4OC)ccc3OC)ccc2OC)cc1C(N)=O. The molecule has 0 bridgehead atoms. The molecule has 4 atom stereocenters. The maximum absolute atomic E-state index is 14.3. The normalized spacial score (nSPS) is 12.2. The Morgan fingerprint density at radius 1 is 0.434 bits per heavy atom. The van der Waals surface area contributed by atoms with Gasteiger partial charge >= 0.3 is 0 Å². The van der Waals surface area contributed by atoms with Crippen LogP contribution in [0.1, 0.15) is 112 Å². The Balaban J connectivity index is 1.57. The van der Waals surface area contributed by atoms with Crippen LogP contribution in [0.3, 0.4) is 0 Å². The number of primary amides is 1. The summed E-state index contributed by atoms with van der Waals surface area (Å²) in [5.74, 6) is -5.23. The Kier molecular flexibility index (Phi) is 27.5. The molecule has 0 heterocycles. The molecule has 0 radical (unpaired) electrons. The standard InChI is InChI=1S/C56H79N15O12/c1-80-44-20-16-32(28-36(44)48(61)72)66-53(77)41(13-6-9-25-58)69-49(73)38-30-34(18-22-46(38)82-3)67-54(78)42(14-7-10-26-59)70-50(74)39-31-35(19-23-47(39)83-4)68-55(79)43(15-11-27-64-56(62)63)71-51(75)37-29-33(17-21-45(37)81-2)65-52(76)40(60)12-5-8-24-57/h16-23,28-31,40-43H,5-15,24-27,57-60H2,1-4H3,(H2,61,72)(H,65,76)(H,66,77)(H,67,78)(H,68,79)(H,69,73)(H,70,74)(H,71,75)(H4,62,63,64)/t40-,41?,42-,43?/m0/s1. The summed E-state index contributed by atoms with van der Waals surface area (Å²) in [6, 6.07) is 12.9. The van der Waals surface area contributed by atoms with Crippen LogP contribution in [-0.4, -0.2) is 132 Å². The van der Waals surface area contributed by atoms with Gasteiger partial charge in [0.05, 0.1) is 56.7 Å². The second-order valence-electron chi connectivity index (χ2n) is 19.0. The number of amides is 8. The van der Waals surface area contributed by atoms with Gasteiger partial charge in [-0.25, -0.2) is 0 Å². The number of nitrogens with two attached hydrogens (primary N) is 6. The summed E-state index contributed by atoms with van der Waals surface area (Å²) in [6.45, 7) is 1.28. The molecule has 4 aromatic carbocycles. The third-order valence-corrected chi connectivity index (χ3v) is 12.9. The molecule has 2 unspecified atom stereocenters. The predicted octanol–water partition coefficient (Wildman–Crippen LogP) is 1.95. The molecule has 8 amide bonds. The van der Waals surface area contributed by atoms with E-state index in [0.717, 1.165) is 0 Å². The monoisotopic (exact) mass is 1150 g/mol. The lowest BCUT2D eigenvalue weighted by Gasteiger charge is -2.22. The molecule has 21 N–H and O–H groups in total. The summed E-state index contributed by atoms with van der Waals surface area (Å²) >= 11 is 0. The Morgan fingerprint density at radius 3 is 1.05 bits per heavy atom. The maximum Gasteiger partial charge on any atom is 0.255 e. The third-order valence-electron chi connectivity index (χ3n) is 12.9. The molecule has 0 saturated carbocycles. The molecule has 0 aromatic heterocycles. The molecule has 4 aromatic rings. The molecule has 0 spiro atoms. The zero-order valence-electron chi connectivity index (χ0n) is 47.2. The van der Waals surface area contributed by atoms with Crippen LogP contribution in [0.2, 0.25) is 0 Å². The van der Waals surface area contributed by atoms with Gasteiger partial charge in [0, 0.05) is 29.3 Å². The predicted molar refractivity (Wildman–Crippen MR) is 315 cm³/mol. The number of nitrogens with one attached hydrogen (secondary N) is 9. The van der Waals surface area contributed by atoms with Gasteiger partial charge in [-0.15, -0.1) is 0 Å². The van der Waals surface area contributed by atoms with E-state index < -0.39 is 71.4 Å². The van der Waals surface area contributed by atoms with Crippen molar-refractivity contribution >= 4 is 76.0 Å². The van der Waals surface area contributed by atoms with E-state index in [0.29, 0.717) is 64.6 Å². The van der Waals surface area contributed by atoms with Gasteiger partial charge in [0.1, 0.15) is 41.1 Å². The average molecular weight is 1150 g/mol. The van der Waals surface area contributed by atoms with E-state index >= 15 is 0 Å². The molecular weight excluding hydrogens is 1070 g/mol. The largest absolute Gasteiger partial charge is 0.496 e. The Hall–Kier alpha value is -9.05. The van der Waals surface area contributed by atoms with Crippen LogP contribution >= 0.6 is 0 Å². The zero-order valence-corrected chi connectivity index (χ0v) is 47.2. The van der Waals surface area contributed by atoms with Crippen LogP contribution in [0.15, 0.2) is 72.8 Å². The van der Waals surface area contributed by atoms with E-state index in [1.165, 1.54) is 101 Å². The van der Waals surface area contributed by atoms with Crippen molar-refractivity contribution in [1.82, 2.24) is 21.3 Å². The average Bonchev–Trinajstić information content (AvgIpc) is 3.54. The first-order valence-electron chi connectivity index (χ1n) is 26.9. The second-order valence-corrected chi connectivity index (χ2v) is 19.0. The van der Waals surface area contributed by atoms with Crippen molar-refractivity contribution in [2.45, 2.75) is 94.8 Å². The molecule has 27 heteroatoms. The van der Waals surface area contributed by atoms with Crippen LogP contribution in [-0.2, 0) is 19.2 Å². The molecule has 450 valence electrons. The summed E-state index contributed by atoms with van der Waals surface area (Å²) in [6.07, 6.45) is 4.27. The number of benzene rings is 4. The number of hydrogen-bond acceptors (Lipinski definition) is 17. The number of carbonyl (C=O) groups excluding carboxylic acids is 8. The number of rotatable bonds is 35. The summed E-state index contributed by atoms with van der Waals surface area (Å²) in [5.41, 5.74) is 34.8. The van der Waals surface area contributed by atoms with Crippen LogP contribution < -0.4 is 95.9 Å². The summed E-state index contributed by atoms with van der Waals surface area (Å²) in [4.78, 5) is 109. The molecule has 0 aliphatic carbocycles. The summed E-state index contributed by atoms with van der Waals surface area (Å²) < 4.78 is 21.7. The van der Waals surface area contributed by atoms with E-state index in [4.69, 9.17) is 58.8 Å². The lowest BCUT2D eigenvalue weighted by atomic mass is 10.1. The highest BCUT2D eigenvalue weighted by Crippen LogP contribution is 2.28. The first-order chi connectivity index (χ1) is 39.8. The minimum Gasteiger partial charge on any atom is -0.496 e. The summed E-state index contributed by atoms with van der Waals surface area (Å²) in [7, 11) is 5.39. The first-order valence-corrected chi connectivity index (χ1v) is 26.9. The van der Waals surface area contributed by atoms with Crippen LogP contribution in [0, 0.1) is 5.41 Å². The van der Waals surface area contributed by atoms with Crippen LogP contribution in [0.4, 0.5) is 22.7 Å². The van der Waals surface area contributed by atoms with Crippen molar-refractivity contribution in [3.05, 3.63) is 95.1 Å². The smallest absolute Gasteiger partial charge is 0.255 e. The van der Waals surface area contributed by atoms with E-state index in [-0.39, 0.29) is 106 Å². The lowest BCUT2D eigenvalue weighted by molar-refractivity contribution is -0.118. The molecule has 83 heavy (non-hydrogen) atoms. The molecule has 0 fully saturated rings. The zero-order chi connectivity index (χ0) is 61.0. The third kappa shape index (κ3) is 20.8. The van der Waals surface area contributed by atoms with Crippen LogP contribution in [0.25, 0.3) is 0 Å². The Bertz CT molecular complexity index is 2910. The van der Waals surface area contributed by atoms with Crippen molar-refractivity contribution in [1.29, 1.82) is 5.41 Å². The van der Waals surface area contributed by atoms with Gasteiger partial charge in [0.15, 0.2) is 5.96 Å². The van der Waals surface area contributed by atoms with Crippen molar-refractivity contribution in [2.75, 3.05) is 75.9 Å². The minimum atomic E-state index is -1.22. The van der Waals surface area contributed by atoms with E-state index in [1.807, 2.05) is 0 Å². The number of unbranched alkanes of at least 4 members (excludes halogenated alkanes) is 3. The fraction of sp³-hybridized carbons (Fsp3) is 0.411. The van der Waals surface area contributed by atoms with E-state index in [2.05, 4.69) is 42.5 Å². The number of guanidine groups is 1. The van der Waals surface area contributed by atoms with Gasteiger partial charge in [-0.2, -0.15) is 0 Å². The number of anilines is 4. The van der Waals surface area contributed by atoms with Crippen molar-refractivity contribution in [3.63, 3.8) is 0 Å². The second kappa shape index (κ2) is 34.3. The molecular formula is C56H79N15O12. The molecule has 27 nitrogen and oxygen atoms in total. The number of hydrogen-bond donors (Lipinski definition) is 15. The fourth-order valence-corrected chi connectivity index (χ4v) is 8.46. The van der Waals surface area contributed by atoms with Crippen LogP contribution in [0.5, 0.6) is 23.0 Å². The summed E-state index contributed by atoms with van der Waals surface area (Å²) in [5, 5.41) is 29.4. The molecule has 0 saturated heterocycles. The highest BCUT2D eigenvalue weighted by molar-refractivity contribution is 6.07. The van der Waals surface area contributed by atoms with E-state index in [9.17, 15) is 38.4 Å².